The highest BCUT2D eigenvalue weighted by atomic mass is 79.9. The molecule has 0 saturated carbocycles. The van der Waals surface area contributed by atoms with Crippen molar-refractivity contribution in [2.75, 3.05) is 0 Å². The van der Waals surface area contributed by atoms with Gasteiger partial charge in [-0.2, -0.15) is 0 Å². The second-order valence-electron chi connectivity index (χ2n) is 2.95. The van der Waals surface area contributed by atoms with Gasteiger partial charge in [0.25, 0.3) is 0 Å². The van der Waals surface area contributed by atoms with Crippen LogP contribution < -0.4 is 0 Å². The molecular formula is C10H12BrClO. The molecule has 0 aliphatic rings. The smallest absolute Gasteiger partial charge is 0.0801 e. The lowest BCUT2D eigenvalue weighted by Crippen LogP contribution is -1.97. The van der Waals surface area contributed by atoms with Crippen molar-refractivity contribution < 1.29 is 5.11 Å². The van der Waals surface area contributed by atoms with Crippen LogP contribution in [0, 0.1) is 0 Å². The van der Waals surface area contributed by atoms with E-state index in [-0.39, 0.29) is 0 Å². The first-order valence-electron chi connectivity index (χ1n) is 4.28. The van der Waals surface area contributed by atoms with Gasteiger partial charge in [-0.3, -0.25) is 0 Å². The van der Waals surface area contributed by atoms with Crippen molar-refractivity contribution in [3.8, 4) is 0 Å². The Bertz CT molecular complexity index is 288. The first-order chi connectivity index (χ1) is 6.16. The van der Waals surface area contributed by atoms with Crippen LogP contribution in [-0.4, -0.2) is 5.11 Å². The van der Waals surface area contributed by atoms with Crippen LogP contribution in [0.5, 0.6) is 0 Å². The van der Waals surface area contributed by atoms with Gasteiger partial charge in [-0.1, -0.05) is 37.1 Å². The van der Waals surface area contributed by atoms with Crippen LogP contribution in [0.2, 0.25) is 5.02 Å². The summed E-state index contributed by atoms with van der Waals surface area (Å²) in [5.41, 5.74) is 0.870. The van der Waals surface area contributed by atoms with Gasteiger partial charge >= 0.3 is 0 Å². The highest BCUT2D eigenvalue weighted by Crippen LogP contribution is 2.31. The highest BCUT2D eigenvalue weighted by Gasteiger charge is 2.11. The lowest BCUT2D eigenvalue weighted by Gasteiger charge is -2.12. The van der Waals surface area contributed by atoms with Gasteiger partial charge in [-0.05, 0) is 34.0 Å². The topological polar surface area (TPSA) is 20.2 Å². The molecule has 0 unspecified atom stereocenters. The third-order valence-electron chi connectivity index (χ3n) is 1.90. The van der Waals surface area contributed by atoms with Crippen molar-refractivity contribution in [3.05, 3.63) is 33.3 Å². The molecule has 1 rings (SSSR count). The zero-order valence-electron chi connectivity index (χ0n) is 7.43. The van der Waals surface area contributed by atoms with Crippen LogP contribution >= 0.6 is 27.5 Å². The Labute approximate surface area is 91.9 Å². The molecule has 1 nitrogen and oxygen atoms in total. The summed E-state index contributed by atoms with van der Waals surface area (Å²) in [7, 11) is 0. The molecule has 13 heavy (non-hydrogen) atoms. The lowest BCUT2D eigenvalue weighted by atomic mass is 10.1. The predicted octanol–water partition coefficient (Wildman–Crippen LogP) is 3.94. The van der Waals surface area contributed by atoms with Gasteiger partial charge in [0, 0.05) is 4.47 Å². The molecule has 1 atom stereocenters. The number of hydrogen-bond acceptors (Lipinski definition) is 1. The summed E-state index contributed by atoms with van der Waals surface area (Å²) in [5.74, 6) is 0. The predicted molar refractivity (Wildman–Crippen MR) is 59.0 cm³/mol. The molecule has 0 saturated heterocycles. The lowest BCUT2D eigenvalue weighted by molar-refractivity contribution is 0.166. The van der Waals surface area contributed by atoms with E-state index in [2.05, 4.69) is 15.9 Å². The minimum Gasteiger partial charge on any atom is -0.388 e. The fourth-order valence-corrected chi connectivity index (χ4v) is 1.92. The van der Waals surface area contributed by atoms with Crippen molar-refractivity contribution in [2.24, 2.45) is 0 Å². The molecule has 1 aromatic rings. The second-order valence-corrected chi connectivity index (χ2v) is 4.15. The van der Waals surface area contributed by atoms with E-state index in [0.717, 1.165) is 22.9 Å². The van der Waals surface area contributed by atoms with Crippen LogP contribution in [0.4, 0.5) is 0 Å². The minimum absolute atomic E-state index is 0.418. The van der Waals surface area contributed by atoms with E-state index in [4.69, 9.17) is 11.6 Å². The maximum absolute atomic E-state index is 9.74. The average Bonchev–Trinajstić information content (AvgIpc) is 2.10. The summed E-state index contributed by atoms with van der Waals surface area (Å²) < 4.78 is 0.803. The molecular weight excluding hydrogens is 251 g/mol. The molecule has 0 amide bonds. The van der Waals surface area contributed by atoms with Gasteiger partial charge in [-0.25, -0.2) is 0 Å². The number of hydrogen-bond donors (Lipinski definition) is 1. The van der Waals surface area contributed by atoms with E-state index >= 15 is 0 Å². The Kier molecular flexibility index (Phi) is 4.23. The van der Waals surface area contributed by atoms with Gasteiger partial charge in [0.05, 0.1) is 11.1 Å². The third kappa shape index (κ3) is 2.70. The highest BCUT2D eigenvalue weighted by molar-refractivity contribution is 9.10. The largest absolute Gasteiger partial charge is 0.388 e. The quantitative estimate of drug-likeness (QED) is 0.876. The van der Waals surface area contributed by atoms with Gasteiger partial charge in [-0.15, -0.1) is 0 Å². The average molecular weight is 264 g/mol. The number of benzene rings is 1. The summed E-state index contributed by atoms with van der Waals surface area (Å²) in [6.45, 7) is 2.04. The summed E-state index contributed by atoms with van der Waals surface area (Å²) >= 11 is 9.26. The zero-order chi connectivity index (χ0) is 9.84. The van der Waals surface area contributed by atoms with E-state index in [1.165, 1.54) is 0 Å². The Morgan fingerprint density at radius 3 is 2.85 bits per heavy atom. The fourth-order valence-electron chi connectivity index (χ4n) is 1.21. The van der Waals surface area contributed by atoms with E-state index in [9.17, 15) is 5.11 Å². The summed E-state index contributed by atoms with van der Waals surface area (Å²) in [6.07, 6.45) is 1.30. The molecule has 72 valence electrons. The number of halogens is 2. The minimum atomic E-state index is -0.418. The van der Waals surface area contributed by atoms with Gasteiger partial charge < -0.3 is 5.11 Å². The molecule has 0 fully saturated rings. The normalized spacial score (nSPS) is 12.9. The standard InChI is InChI=1S/C10H12BrClO/c1-2-4-9(13)7-5-3-6-8(12)10(7)11/h3,5-6,9,13H,2,4H2,1H3/t9-/m1/s1. The van der Waals surface area contributed by atoms with Crippen molar-refractivity contribution in [3.63, 3.8) is 0 Å². The number of rotatable bonds is 3. The molecule has 0 bridgehead atoms. The SMILES string of the molecule is CCC[C@@H](O)c1cccc(Cl)c1Br. The van der Waals surface area contributed by atoms with Crippen LogP contribution in [0.3, 0.4) is 0 Å². The zero-order valence-corrected chi connectivity index (χ0v) is 9.77. The summed E-state index contributed by atoms with van der Waals surface area (Å²) in [5, 5.41) is 10.4. The molecule has 0 heterocycles. The Balaban J connectivity index is 2.93. The van der Waals surface area contributed by atoms with Gasteiger partial charge in [0.15, 0.2) is 0 Å². The van der Waals surface area contributed by atoms with Crippen LogP contribution in [0.25, 0.3) is 0 Å². The summed E-state index contributed by atoms with van der Waals surface area (Å²) in [4.78, 5) is 0. The van der Waals surface area contributed by atoms with Crippen molar-refractivity contribution in [1.29, 1.82) is 0 Å². The number of aliphatic hydroxyl groups excluding tert-OH is 1. The van der Waals surface area contributed by atoms with Crippen molar-refractivity contribution in [1.82, 2.24) is 0 Å². The third-order valence-corrected chi connectivity index (χ3v) is 3.33. The van der Waals surface area contributed by atoms with Crippen molar-refractivity contribution >= 4 is 27.5 Å². The van der Waals surface area contributed by atoms with E-state index < -0.39 is 6.10 Å². The first kappa shape index (κ1) is 11.0. The van der Waals surface area contributed by atoms with Crippen molar-refractivity contribution in [2.45, 2.75) is 25.9 Å². The molecule has 1 aromatic carbocycles. The molecule has 1 N–H and O–H groups in total. The number of aliphatic hydroxyl groups is 1. The second kappa shape index (κ2) is 4.99. The van der Waals surface area contributed by atoms with Gasteiger partial charge in [0.2, 0.25) is 0 Å². The van der Waals surface area contributed by atoms with Gasteiger partial charge in [0.1, 0.15) is 0 Å². The fraction of sp³-hybridized carbons (Fsp3) is 0.400. The van der Waals surface area contributed by atoms with E-state index in [0.29, 0.717) is 5.02 Å². The Morgan fingerprint density at radius 1 is 1.54 bits per heavy atom. The van der Waals surface area contributed by atoms with Crippen LogP contribution in [0.1, 0.15) is 31.4 Å². The van der Waals surface area contributed by atoms with Crippen LogP contribution in [-0.2, 0) is 0 Å². The molecule has 0 aliphatic carbocycles. The Hall–Kier alpha value is -0.0500. The maximum atomic E-state index is 9.74. The van der Waals surface area contributed by atoms with Crippen LogP contribution in [0.15, 0.2) is 22.7 Å². The van der Waals surface area contributed by atoms with E-state index in [1.54, 1.807) is 6.07 Å². The van der Waals surface area contributed by atoms with E-state index in [1.807, 2.05) is 19.1 Å². The summed E-state index contributed by atoms with van der Waals surface area (Å²) in [6, 6.07) is 5.53. The molecule has 0 radical (unpaired) electrons. The monoisotopic (exact) mass is 262 g/mol. The molecule has 3 heteroatoms. The first-order valence-corrected chi connectivity index (χ1v) is 5.46. The molecule has 0 aliphatic heterocycles. The molecule has 0 spiro atoms. The molecule has 0 aromatic heterocycles. The maximum Gasteiger partial charge on any atom is 0.0801 e. The Morgan fingerprint density at radius 2 is 2.23 bits per heavy atom.